The van der Waals surface area contributed by atoms with E-state index in [4.69, 9.17) is 0 Å². The van der Waals surface area contributed by atoms with Gasteiger partial charge in [0.2, 0.25) is 5.91 Å². The van der Waals surface area contributed by atoms with Gasteiger partial charge in [-0.05, 0) is 45.6 Å². The second kappa shape index (κ2) is 12.2. The molecule has 2 aromatic heterocycles. The quantitative estimate of drug-likeness (QED) is 0.349. The molecule has 0 radical (unpaired) electrons. The Hall–Kier alpha value is -3.47. The van der Waals surface area contributed by atoms with Gasteiger partial charge in [-0.3, -0.25) is 9.59 Å². The number of halogens is 3. The Morgan fingerprint density at radius 1 is 1.19 bits per heavy atom. The molecule has 3 N–H and O–H groups in total. The first kappa shape index (κ1) is 28.1. The van der Waals surface area contributed by atoms with Gasteiger partial charge in [-0.25, -0.2) is 23.1 Å². The molecule has 2 atom stereocenters. The number of aliphatic hydroxyl groups is 1. The van der Waals surface area contributed by atoms with Crippen molar-refractivity contribution in [2.24, 2.45) is 5.92 Å². The SMILES string of the molecule is Cc1nc(N[C@H](C)c2cccc(C(F)F)c2F)c2cc(CCC[C@@H](CCO)C(=O)N(C)C)c(=O)[nH]c2n1. The molecule has 0 aliphatic heterocycles. The number of aromatic amines is 1. The highest BCUT2D eigenvalue weighted by Gasteiger charge is 2.22. The molecule has 0 aliphatic carbocycles. The van der Waals surface area contributed by atoms with Crippen molar-refractivity contribution < 1.29 is 23.1 Å². The number of alkyl halides is 2. The monoisotopic (exact) mass is 519 g/mol. The fourth-order valence-electron chi connectivity index (χ4n) is 4.34. The Balaban J connectivity index is 1.88. The van der Waals surface area contributed by atoms with Crippen LogP contribution in [0.2, 0.25) is 0 Å². The maximum Gasteiger partial charge on any atom is 0.266 e. The van der Waals surface area contributed by atoms with Crippen LogP contribution < -0.4 is 10.9 Å². The molecule has 3 aromatic rings. The van der Waals surface area contributed by atoms with E-state index in [1.807, 2.05) is 0 Å². The highest BCUT2D eigenvalue weighted by molar-refractivity contribution is 5.87. The number of nitrogens with zero attached hydrogens (tertiary/aromatic N) is 3. The van der Waals surface area contributed by atoms with E-state index in [2.05, 4.69) is 20.3 Å². The summed E-state index contributed by atoms with van der Waals surface area (Å²) in [5.41, 5.74) is -0.181. The van der Waals surface area contributed by atoms with Gasteiger partial charge in [-0.1, -0.05) is 18.2 Å². The van der Waals surface area contributed by atoms with Crippen molar-refractivity contribution in [3.05, 3.63) is 63.0 Å². The van der Waals surface area contributed by atoms with Gasteiger partial charge in [0.25, 0.3) is 12.0 Å². The van der Waals surface area contributed by atoms with Crippen molar-refractivity contribution in [1.29, 1.82) is 0 Å². The second-order valence-corrected chi connectivity index (χ2v) is 9.26. The van der Waals surface area contributed by atoms with Crippen LogP contribution in [0.4, 0.5) is 19.0 Å². The molecule has 2 heterocycles. The number of aromatic nitrogens is 3. The zero-order valence-corrected chi connectivity index (χ0v) is 21.3. The van der Waals surface area contributed by atoms with Crippen molar-refractivity contribution >= 4 is 22.8 Å². The van der Waals surface area contributed by atoms with Crippen LogP contribution >= 0.6 is 0 Å². The number of H-pyrrole nitrogens is 1. The highest BCUT2D eigenvalue weighted by Crippen LogP contribution is 2.30. The summed E-state index contributed by atoms with van der Waals surface area (Å²) in [7, 11) is 3.32. The lowest BCUT2D eigenvalue weighted by molar-refractivity contribution is -0.133. The summed E-state index contributed by atoms with van der Waals surface area (Å²) in [6.07, 6.45) is -1.18. The number of carbonyl (C=O) groups is 1. The predicted molar refractivity (Wildman–Crippen MR) is 135 cm³/mol. The standard InChI is InChI=1S/C26H32F3N5O3/c1-14(18-9-6-10-19(21(18)27)22(28)29)30-23-20-13-17(25(36)33-24(20)32-15(2)31-23)8-5-7-16(11-12-35)26(37)34(3)4/h6,9-10,13-14,16,22,35H,5,7-8,11-12H2,1-4H3,(H2,30,31,32,33,36)/t14-,16+/m1/s1. The van der Waals surface area contributed by atoms with E-state index >= 15 is 0 Å². The number of benzene rings is 1. The molecule has 0 spiro atoms. The maximum atomic E-state index is 14.7. The van der Waals surface area contributed by atoms with Crippen LogP contribution in [-0.4, -0.2) is 51.6 Å². The van der Waals surface area contributed by atoms with Crippen LogP contribution in [0.15, 0.2) is 29.1 Å². The topological polar surface area (TPSA) is 111 Å². The summed E-state index contributed by atoms with van der Waals surface area (Å²) >= 11 is 0. The van der Waals surface area contributed by atoms with Crippen LogP contribution in [0, 0.1) is 18.7 Å². The largest absolute Gasteiger partial charge is 0.396 e. The molecule has 1 amide bonds. The zero-order chi connectivity index (χ0) is 27.3. The molecule has 37 heavy (non-hydrogen) atoms. The normalized spacial score (nSPS) is 13.1. The summed E-state index contributed by atoms with van der Waals surface area (Å²) in [4.78, 5) is 38.0. The first-order valence-corrected chi connectivity index (χ1v) is 12.1. The van der Waals surface area contributed by atoms with Crippen LogP contribution in [-0.2, 0) is 11.2 Å². The third-order valence-corrected chi connectivity index (χ3v) is 6.28. The van der Waals surface area contributed by atoms with E-state index in [1.165, 1.54) is 17.0 Å². The number of rotatable bonds is 11. The summed E-state index contributed by atoms with van der Waals surface area (Å²) in [6.45, 7) is 3.17. The van der Waals surface area contributed by atoms with E-state index in [0.29, 0.717) is 53.9 Å². The van der Waals surface area contributed by atoms with Crippen molar-refractivity contribution in [3.8, 4) is 0 Å². The van der Waals surface area contributed by atoms with Crippen LogP contribution in [0.25, 0.3) is 11.0 Å². The van der Waals surface area contributed by atoms with Crippen molar-refractivity contribution in [2.45, 2.75) is 52.0 Å². The molecule has 1 aromatic carbocycles. The molecule has 0 saturated heterocycles. The van der Waals surface area contributed by atoms with Gasteiger partial charge in [-0.2, -0.15) is 0 Å². The number of pyridine rings is 1. The van der Waals surface area contributed by atoms with E-state index in [1.54, 1.807) is 34.0 Å². The molecule has 0 fully saturated rings. The molecule has 11 heteroatoms. The minimum atomic E-state index is -2.94. The number of hydrogen-bond donors (Lipinski definition) is 3. The molecule has 0 saturated carbocycles. The molecule has 0 bridgehead atoms. The molecule has 3 rings (SSSR count). The fourth-order valence-corrected chi connectivity index (χ4v) is 4.34. The second-order valence-electron chi connectivity index (χ2n) is 9.26. The first-order chi connectivity index (χ1) is 17.5. The molecule has 0 unspecified atom stereocenters. The fraction of sp³-hybridized carbons (Fsp3) is 0.462. The van der Waals surface area contributed by atoms with E-state index in [9.17, 15) is 27.9 Å². The number of fused-ring (bicyclic) bond motifs is 1. The van der Waals surface area contributed by atoms with Gasteiger partial charge in [-0.15, -0.1) is 0 Å². The lowest BCUT2D eigenvalue weighted by Gasteiger charge is -2.20. The predicted octanol–water partition coefficient (Wildman–Crippen LogP) is 4.29. The third kappa shape index (κ3) is 6.65. The lowest BCUT2D eigenvalue weighted by atomic mass is 9.95. The van der Waals surface area contributed by atoms with E-state index < -0.39 is 23.8 Å². The van der Waals surface area contributed by atoms with Gasteiger partial charge in [0.15, 0.2) is 0 Å². The number of aliphatic hydroxyl groups excluding tert-OH is 1. The number of nitrogens with one attached hydrogen (secondary N) is 2. The van der Waals surface area contributed by atoms with Gasteiger partial charge in [0.1, 0.15) is 23.1 Å². The van der Waals surface area contributed by atoms with Crippen molar-refractivity contribution in [2.75, 3.05) is 26.0 Å². The molecule has 200 valence electrons. The van der Waals surface area contributed by atoms with Crippen LogP contribution in [0.3, 0.4) is 0 Å². The van der Waals surface area contributed by atoms with Crippen LogP contribution in [0.5, 0.6) is 0 Å². The summed E-state index contributed by atoms with van der Waals surface area (Å²) < 4.78 is 41.1. The Morgan fingerprint density at radius 3 is 2.54 bits per heavy atom. The number of amides is 1. The number of hydrogen-bond acceptors (Lipinski definition) is 6. The maximum absolute atomic E-state index is 14.7. The number of aryl methyl sites for hydroxylation is 2. The van der Waals surface area contributed by atoms with Gasteiger partial charge in [0, 0.05) is 37.7 Å². The Morgan fingerprint density at radius 2 is 1.89 bits per heavy atom. The molecule has 8 nitrogen and oxygen atoms in total. The minimum Gasteiger partial charge on any atom is -0.396 e. The van der Waals surface area contributed by atoms with E-state index in [-0.39, 0.29) is 29.6 Å². The highest BCUT2D eigenvalue weighted by atomic mass is 19.3. The Kier molecular flexibility index (Phi) is 9.25. The smallest absolute Gasteiger partial charge is 0.266 e. The zero-order valence-electron chi connectivity index (χ0n) is 21.3. The average molecular weight is 520 g/mol. The van der Waals surface area contributed by atoms with Crippen molar-refractivity contribution in [1.82, 2.24) is 19.9 Å². The average Bonchev–Trinajstić information content (AvgIpc) is 2.83. The van der Waals surface area contributed by atoms with Gasteiger partial charge >= 0.3 is 0 Å². The first-order valence-electron chi connectivity index (χ1n) is 12.1. The number of carbonyl (C=O) groups excluding carboxylic acids is 1. The molecule has 0 aliphatic rings. The van der Waals surface area contributed by atoms with Crippen molar-refractivity contribution in [3.63, 3.8) is 0 Å². The summed E-state index contributed by atoms with van der Waals surface area (Å²) in [5.74, 6) is -0.709. The summed E-state index contributed by atoms with van der Waals surface area (Å²) in [6, 6.07) is 4.81. The van der Waals surface area contributed by atoms with E-state index in [0.717, 1.165) is 6.07 Å². The van der Waals surface area contributed by atoms with Gasteiger partial charge in [0.05, 0.1) is 17.0 Å². The van der Waals surface area contributed by atoms with Gasteiger partial charge < -0.3 is 20.3 Å². The summed E-state index contributed by atoms with van der Waals surface area (Å²) in [5, 5.41) is 12.9. The molecular weight excluding hydrogens is 487 g/mol. The lowest BCUT2D eigenvalue weighted by Crippen LogP contribution is -2.30. The Labute approximate surface area is 212 Å². The number of anilines is 1. The molecular formula is C26H32F3N5O3. The third-order valence-electron chi connectivity index (χ3n) is 6.28. The Bertz CT molecular complexity index is 1310. The van der Waals surface area contributed by atoms with Crippen LogP contribution in [0.1, 0.15) is 61.2 Å². The minimum absolute atomic E-state index is 0.0624.